The van der Waals surface area contributed by atoms with Gasteiger partial charge in [0.25, 0.3) is 5.56 Å². The molecule has 2 aromatic heterocycles. The number of esters is 1. The van der Waals surface area contributed by atoms with Crippen molar-refractivity contribution in [2.24, 2.45) is 0 Å². The molecule has 0 N–H and O–H groups in total. The molecule has 1 aliphatic rings. The first kappa shape index (κ1) is 18.4. The zero-order valence-corrected chi connectivity index (χ0v) is 16.3. The number of methoxy groups -OCH3 is 1. The molecule has 4 rings (SSSR count). The highest BCUT2D eigenvalue weighted by Gasteiger charge is 2.18. The van der Waals surface area contributed by atoms with Gasteiger partial charge in [-0.3, -0.25) is 9.20 Å². The van der Waals surface area contributed by atoms with E-state index in [2.05, 4.69) is 4.98 Å². The number of carbonyl (C=O) groups is 1. The number of hydrogen-bond donors (Lipinski definition) is 0. The highest BCUT2D eigenvalue weighted by molar-refractivity contribution is 7.17. The van der Waals surface area contributed by atoms with Crippen molar-refractivity contribution in [3.8, 4) is 5.75 Å². The van der Waals surface area contributed by atoms with E-state index in [0.717, 1.165) is 36.9 Å². The number of nitrogens with zero attached hydrogens (tertiary/aromatic N) is 2. The Morgan fingerprint density at radius 1 is 1.29 bits per heavy atom. The van der Waals surface area contributed by atoms with E-state index in [-0.39, 0.29) is 12.2 Å². The van der Waals surface area contributed by atoms with Gasteiger partial charge in [-0.15, -0.1) is 11.3 Å². The first-order chi connectivity index (χ1) is 13.6. The largest absolute Gasteiger partial charge is 0.497 e. The van der Waals surface area contributed by atoms with Gasteiger partial charge in [0.15, 0.2) is 4.96 Å². The van der Waals surface area contributed by atoms with Crippen LogP contribution in [-0.4, -0.2) is 22.5 Å². The minimum absolute atomic E-state index is 0.0322. The second kappa shape index (κ2) is 7.98. The van der Waals surface area contributed by atoms with Crippen LogP contribution in [0.2, 0.25) is 0 Å². The Morgan fingerprint density at radius 3 is 3.00 bits per heavy atom. The zero-order valence-electron chi connectivity index (χ0n) is 15.5. The van der Waals surface area contributed by atoms with E-state index in [0.29, 0.717) is 16.4 Å². The van der Waals surface area contributed by atoms with Crippen LogP contribution >= 0.6 is 11.3 Å². The predicted molar refractivity (Wildman–Crippen MR) is 108 cm³/mol. The van der Waals surface area contributed by atoms with Crippen molar-refractivity contribution in [3.05, 3.63) is 68.6 Å². The Kier molecular flexibility index (Phi) is 5.25. The van der Waals surface area contributed by atoms with Crippen LogP contribution < -0.4 is 10.3 Å². The third kappa shape index (κ3) is 3.84. The van der Waals surface area contributed by atoms with Gasteiger partial charge in [0, 0.05) is 22.7 Å². The number of benzene rings is 1. The summed E-state index contributed by atoms with van der Waals surface area (Å²) >= 11 is 1.56. The summed E-state index contributed by atoms with van der Waals surface area (Å²) in [6, 6.07) is 8.81. The SMILES string of the molecule is COc1cccc(/C=C/C(=O)OCc2cc(=O)n3c4c(sc3n2)CCCC4)c1. The molecule has 0 saturated carbocycles. The summed E-state index contributed by atoms with van der Waals surface area (Å²) in [5, 5.41) is 0. The van der Waals surface area contributed by atoms with Crippen LogP contribution in [0.25, 0.3) is 11.0 Å². The topological polar surface area (TPSA) is 69.9 Å². The molecule has 0 fully saturated rings. The fraction of sp³-hybridized carbons (Fsp3) is 0.286. The highest BCUT2D eigenvalue weighted by Crippen LogP contribution is 2.28. The maximum atomic E-state index is 12.5. The lowest BCUT2D eigenvalue weighted by Crippen LogP contribution is -2.18. The molecule has 1 aromatic carbocycles. The van der Waals surface area contributed by atoms with Gasteiger partial charge in [-0.1, -0.05) is 12.1 Å². The van der Waals surface area contributed by atoms with Crippen LogP contribution in [-0.2, 0) is 29.0 Å². The fourth-order valence-corrected chi connectivity index (χ4v) is 4.55. The number of ether oxygens (including phenoxy) is 2. The van der Waals surface area contributed by atoms with Gasteiger partial charge in [-0.2, -0.15) is 0 Å². The van der Waals surface area contributed by atoms with E-state index in [1.54, 1.807) is 28.9 Å². The van der Waals surface area contributed by atoms with Crippen molar-refractivity contribution in [1.29, 1.82) is 0 Å². The third-order valence-corrected chi connectivity index (χ3v) is 5.83. The minimum Gasteiger partial charge on any atom is -0.497 e. The fourth-order valence-electron chi connectivity index (χ4n) is 3.32. The zero-order chi connectivity index (χ0) is 19.5. The Hall–Kier alpha value is -2.93. The van der Waals surface area contributed by atoms with Crippen molar-refractivity contribution < 1.29 is 14.3 Å². The maximum absolute atomic E-state index is 12.5. The minimum atomic E-state index is -0.490. The van der Waals surface area contributed by atoms with E-state index in [1.807, 2.05) is 24.3 Å². The number of fused-ring (bicyclic) bond motifs is 3. The molecule has 0 atom stereocenters. The quantitative estimate of drug-likeness (QED) is 0.488. The average molecular weight is 396 g/mol. The van der Waals surface area contributed by atoms with Crippen LogP contribution in [0.5, 0.6) is 5.75 Å². The van der Waals surface area contributed by atoms with Crippen molar-refractivity contribution >= 4 is 28.3 Å². The van der Waals surface area contributed by atoms with Crippen LogP contribution in [0.4, 0.5) is 0 Å². The maximum Gasteiger partial charge on any atom is 0.331 e. The molecule has 7 heteroatoms. The van der Waals surface area contributed by atoms with Gasteiger partial charge in [0.1, 0.15) is 12.4 Å². The Bertz CT molecular complexity index is 1110. The molecule has 0 spiro atoms. The summed E-state index contributed by atoms with van der Waals surface area (Å²) < 4.78 is 12.1. The van der Waals surface area contributed by atoms with Crippen LogP contribution in [0.1, 0.15) is 34.7 Å². The van der Waals surface area contributed by atoms with E-state index in [4.69, 9.17) is 9.47 Å². The lowest BCUT2D eigenvalue weighted by Gasteiger charge is -2.10. The summed E-state index contributed by atoms with van der Waals surface area (Å²) in [6.45, 7) is -0.0322. The van der Waals surface area contributed by atoms with E-state index >= 15 is 0 Å². The second-order valence-corrected chi connectivity index (χ2v) is 7.66. The van der Waals surface area contributed by atoms with Crippen molar-refractivity contribution in [2.75, 3.05) is 7.11 Å². The molecular formula is C21H20N2O4S. The normalized spacial score (nSPS) is 13.6. The molecule has 0 unspecified atom stereocenters. The molecule has 3 aromatic rings. The molecule has 2 heterocycles. The Morgan fingerprint density at radius 2 is 2.14 bits per heavy atom. The van der Waals surface area contributed by atoms with Gasteiger partial charge in [-0.25, -0.2) is 9.78 Å². The predicted octanol–water partition coefficient (Wildman–Crippen LogP) is 3.40. The smallest absolute Gasteiger partial charge is 0.331 e. The van der Waals surface area contributed by atoms with Gasteiger partial charge in [0.05, 0.1) is 12.8 Å². The second-order valence-electron chi connectivity index (χ2n) is 6.60. The van der Waals surface area contributed by atoms with Crippen LogP contribution in [0.3, 0.4) is 0 Å². The molecule has 0 saturated heterocycles. The number of hydrogen-bond acceptors (Lipinski definition) is 6. The Labute approximate surface area is 166 Å². The first-order valence-electron chi connectivity index (χ1n) is 9.16. The molecule has 0 bridgehead atoms. The van der Waals surface area contributed by atoms with E-state index in [9.17, 15) is 9.59 Å². The van der Waals surface area contributed by atoms with Crippen LogP contribution in [0.15, 0.2) is 41.2 Å². The molecule has 0 radical (unpaired) electrons. The molecule has 0 aliphatic heterocycles. The highest BCUT2D eigenvalue weighted by atomic mass is 32.1. The van der Waals surface area contributed by atoms with Gasteiger partial charge in [0.2, 0.25) is 0 Å². The summed E-state index contributed by atoms with van der Waals surface area (Å²) in [5.41, 5.74) is 2.28. The molecule has 6 nitrogen and oxygen atoms in total. The van der Waals surface area contributed by atoms with Crippen molar-refractivity contribution in [3.63, 3.8) is 0 Å². The monoisotopic (exact) mass is 396 g/mol. The summed E-state index contributed by atoms with van der Waals surface area (Å²) in [7, 11) is 1.59. The average Bonchev–Trinajstić information content (AvgIpc) is 3.09. The molecule has 0 amide bonds. The van der Waals surface area contributed by atoms with Gasteiger partial charge in [-0.05, 0) is 49.5 Å². The number of rotatable bonds is 5. The van der Waals surface area contributed by atoms with Crippen molar-refractivity contribution in [2.45, 2.75) is 32.3 Å². The standard InChI is InChI=1S/C21H20N2O4S/c1-26-16-6-4-5-14(11-16)9-10-20(25)27-13-15-12-19(24)23-17-7-2-3-8-18(17)28-21(23)22-15/h4-6,9-12H,2-3,7-8,13H2,1H3/b10-9+. The lowest BCUT2D eigenvalue weighted by molar-refractivity contribution is -0.139. The number of aryl methyl sites for hydroxylation is 2. The van der Waals surface area contributed by atoms with E-state index < -0.39 is 5.97 Å². The molecule has 1 aliphatic carbocycles. The summed E-state index contributed by atoms with van der Waals surface area (Å²) in [5.74, 6) is 0.224. The van der Waals surface area contributed by atoms with Gasteiger partial charge < -0.3 is 9.47 Å². The number of aromatic nitrogens is 2. The first-order valence-corrected chi connectivity index (χ1v) is 9.98. The molecule has 28 heavy (non-hydrogen) atoms. The van der Waals surface area contributed by atoms with Crippen LogP contribution in [0, 0.1) is 0 Å². The summed E-state index contributed by atoms with van der Waals surface area (Å²) in [4.78, 5) is 31.0. The van der Waals surface area contributed by atoms with E-state index in [1.165, 1.54) is 17.0 Å². The third-order valence-electron chi connectivity index (χ3n) is 4.68. The summed E-state index contributed by atoms with van der Waals surface area (Å²) in [6.07, 6.45) is 7.18. The van der Waals surface area contributed by atoms with Crippen molar-refractivity contribution in [1.82, 2.24) is 9.38 Å². The van der Waals surface area contributed by atoms with Gasteiger partial charge >= 0.3 is 5.97 Å². The molecular weight excluding hydrogens is 376 g/mol. The Balaban J connectivity index is 1.45. The number of thiazole rings is 1. The lowest BCUT2D eigenvalue weighted by atomic mass is 10.0. The number of carbonyl (C=O) groups excluding carboxylic acids is 1. The molecule has 144 valence electrons.